The molecule has 0 saturated carbocycles. The predicted molar refractivity (Wildman–Crippen MR) is 139 cm³/mol. The van der Waals surface area contributed by atoms with Crippen LogP contribution in [0.4, 0.5) is 0 Å². The lowest BCUT2D eigenvalue weighted by molar-refractivity contribution is 0.199. The van der Waals surface area contributed by atoms with Crippen molar-refractivity contribution in [2.24, 2.45) is 0 Å². The molecule has 0 bridgehead atoms. The number of imidazole rings is 2. The van der Waals surface area contributed by atoms with E-state index in [1.807, 2.05) is 38.9 Å². The Labute approximate surface area is 206 Å². The SMILES string of the molecule is CC(C)N1CCC[C@H]1c1ncc(-c2cnc(-c3ccc(-c4cnc([C@H](C)N(C)C)[nH]4)cc3)nc2)[nH]1. The van der Waals surface area contributed by atoms with E-state index < -0.39 is 0 Å². The van der Waals surface area contributed by atoms with E-state index in [4.69, 9.17) is 0 Å². The highest BCUT2D eigenvalue weighted by Crippen LogP contribution is 2.33. The lowest BCUT2D eigenvalue weighted by Gasteiger charge is -2.26. The van der Waals surface area contributed by atoms with Crippen LogP contribution in [-0.2, 0) is 0 Å². The Bertz CT molecular complexity index is 1250. The van der Waals surface area contributed by atoms with Gasteiger partial charge in [0.2, 0.25) is 0 Å². The Morgan fingerprint density at radius 1 is 0.829 bits per heavy atom. The first-order valence-corrected chi connectivity index (χ1v) is 12.4. The molecule has 182 valence electrons. The number of benzene rings is 1. The predicted octanol–water partition coefficient (Wildman–Crippen LogP) is 5.09. The maximum Gasteiger partial charge on any atom is 0.159 e. The molecule has 1 aliphatic rings. The van der Waals surface area contributed by atoms with Gasteiger partial charge in [0.25, 0.3) is 0 Å². The van der Waals surface area contributed by atoms with Crippen LogP contribution < -0.4 is 0 Å². The third-order valence-electron chi connectivity index (χ3n) is 7.05. The third kappa shape index (κ3) is 4.76. The van der Waals surface area contributed by atoms with Crippen molar-refractivity contribution in [2.75, 3.05) is 20.6 Å². The molecule has 4 aromatic rings. The smallest absolute Gasteiger partial charge is 0.159 e. The van der Waals surface area contributed by atoms with Gasteiger partial charge in [-0.15, -0.1) is 0 Å². The number of likely N-dealkylation sites (tertiary alicyclic amines) is 1. The number of hydrogen-bond donors (Lipinski definition) is 2. The molecule has 35 heavy (non-hydrogen) atoms. The van der Waals surface area contributed by atoms with Gasteiger partial charge in [-0.2, -0.15) is 0 Å². The fraction of sp³-hybridized carbons (Fsp3) is 0.407. The fourth-order valence-electron chi connectivity index (χ4n) is 4.71. The molecular weight excluding hydrogens is 436 g/mol. The van der Waals surface area contributed by atoms with Gasteiger partial charge in [-0.25, -0.2) is 19.9 Å². The van der Waals surface area contributed by atoms with Crippen LogP contribution in [0.5, 0.6) is 0 Å². The lowest BCUT2D eigenvalue weighted by Crippen LogP contribution is -2.30. The van der Waals surface area contributed by atoms with Crippen molar-refractivity contribution >= 4 is 0 Å². The summed E-state index contributed by atoms with van der Waals surface area (Å²) in [7, 11) is 4.10. The second-order valence-electron chi connectivity index (χ2n) is 9.87. The van der Waals surface area contributed by atoms with Crippen LogP contribution in [0, 0.1) is 0 Å². The number of rotatable bonds is 7. The molecule has 4 heterocycles. The Balaban J connectivity index is 1.29. The maximum absolute atomic E-state index is 4.68. The van der Waals surface area contributed by atoms with E-state index in [-0.39, 0.29) is 6.04 Å². The molecule has 0 amide bonds. The second kappa shape index (κ2) is 9.71. The Morgan fingerprint density at radius 2 is 1.49 bits per heavy atom. The van der Waals surface area contributed by atoms with Gasteiger partial charge in [-0.1, -0.05) is 24.3 Å². The molecule has 8 nitrogen and oxygen atoms in total. The van der Waals surface area contributed by atoms with Gasteiger partial charge in [0, 0.05) is 29.6 Å². The first-order valence-electron chi connectivity index (χ1n) is 12.4. The zero-order valence-corrected chi connectivity index (χ0v) is 21.2. The lowest BCUT2D eigenvalue weighted by atomic mass is 10.1. The van der Waals surface area contributed by atoms with E-state index in [0.717, 1.165) is 52.7 Å². The molecule has 3 aromatic heterocycles. The van der Waals surface area contributed by atoms with E-state index in [0.29, 0.717) is 17.9 Å². The fourth-order valence-corrected chi connectivity index (χ4v) is 4.71. The van der Waals surface area contributed by atoms with E-state index in [1.54, 1.807) is 0 Å². The molecular formula is C27H34N8. The van der Waals surface area contributed by atoms with Gasteiger partial charge < -0.3 is 9.97 Å². The van der Waals surface area contributed by atoms with Gasteiger partial charge in [-0.3, -0.25) is 9.80 Å². The van der Waals surface area contributed by atoms with Crippen molar-refractivity contribution in [1.82, 2.24) is 39.7 Å². The Kier molecular flexibility index (Phi) is 6.49. The van der Waals surface area contributed by atoms with Crippen LogP contribution in [0.15, 0.2) is 49.1 Å². The molecule has 0 radical (unpaired) electrons. The molecule has 8 heteroatoms. The van der Waals surface area contributed by atoms with Gasteiger partial charge in [0.05, 0.1) is 35.9 Å². The van der Waals surface area contributed by atoms with Crippen LogP contribution in [0.2, 0.25) is 0 Å². The van der Waals surface area contributed by atoms with Crippen molar-refractivity contribution in [2.45, 2.75) is 51.7 Å². The van der Waals surface area contributed by atoms with Gasteiger partial charge in [0.15, 0.2) is 5.82 Å². The van der Waals surface area contributed by atoms with E-state index in [1.165, 1.54) is 6.42 Å². The molecule has 1 aliphatic heterocycles. The standard InChI is InChI=1S/C27H34N8/c1-17(2)35-12-6-7-24(35)27-31-16-23(33-27)21-13-28-26(29-14-21)20-10-8-19(9-11-20)22-15-30-25(32-22)18(3)34(4)5/h8-11,13-18,24H,6-7,12H2,1-5H3,(H,30,32)(H,31,33)/t18-,24-/m0/s1. The highest BCUT2D eigenvalue weighted by molar-refractivity contribution is 5.66. The molecule has 2 N–H and O–H groups in total. The molecule has 2 atom stereocenters. The van der Waals surface area contributed by atoms with Crippen molar-refractivity contribution in [1.29, 1.82) is 0 Å². The van der Waals surface area contributed by atoms with Crippen molar-refractivity contribution in [3.8, 4) is 33.9 Å². The van der Waals surface area contributed by atoms with Gasteiger partial charge >= 0.3 is 0 Å². The number of aromatic nitrogens is 6. The summed E-state index contributed by atoms with van der Waals surface area (Å²) in [6, 6.07) is 9.36. The summed E-state index contributed by atoms with van der Waals surface area (Å²) < 4.78 is 0. The van der Waals surface area contributed by atoms with Crippen LogP contribution in [0.3, 0.4) is 0 Å². The van der Waals surface area contributed by atoms with Crippen LogP contribution in [0.25, 0.3) is 33.9 Å². The molecule has 0 unspecified atom stereocenters. The summed E-state index contributed by atoms with van der Waals surface area (Å²) in [5.74, 6) is 2.70. The Morgan fingerprint density at radius 3 is 2.17 bits per heavy atom. The summed E-state index contributed by atoms with van der Waals surface area (Å²) in [4.78, 5) is 30.1. The summed E-state index contributed by atoms with van der Waals surface area (Å²) >= 11 is 0. The molecule has 1 fully saturated rings. The first-order chi connectivity index (χ1) is 16.9. The number of aromatic amines is 2. The van der Waals surface area contributed by atoms with E-state index in [2.05, 4.69) is 84.7 Å². The van der Waals surface area contributed by atoms with Crippen molar-refractivity contribution < 1.29 is 0 Å². The summed E-state index contributed by atoms with van der Waals surface area (Å²) in [6.07, 6.45) is 9.88. The van der Waals surface area contributed by atoms with Crippen LogP contribution in [-0.4, -0.2) is 66.4 Å². The normalized spacial score (nSPS) is 17.5. The number of H-pyrrole nitrogens is 2. The minimum atomic E-state index is 0.230. The first kappa shape index (κ1) is 23.4. The topological polar surface area (TPSA) is 89.6 Å². The molecule has 1 aromatic carbocycles. The summed E-state index contributed by atoms with van der Waals surface area (Å²) in [5.41, 5.74) is 4.97. The molecule has 0 aliphatic carbocycles. The van der Waals surface area contributed by atoms with Crippen molar-refractivity contribution in [3.63, 3.8) is 0 Å². The monoisotopic (exact) mass is 470 g/mol. The molecule has 5 rings (SSSR count). The largest absolute Gasteiger partial charge is 0.341 e. The highest BCUT2D eigenvalue weighted by Gasteiger charge is 2.30. The number of hydrogen-bond acceptors (Lipinski definition) is 6. The highest BCUT2D eigenvalue weighted by atomic mass is 15.2. The quantitative estimate of drug-likeness (QED) is 0.391. The minimum absolute atomic E-state index is 0.230. The van der Waals surface area contributed by atoms with Crippen LogP contribution in [0.1, 0.15) is 57.3 Å². The second-order valence-corrected chi connectivity index (χ2v) is 9.87. The van der Waals surface area contributed by atoms with E-state index >= 15 is 0 Å². The molecule has 0 spiro atoms. The van der Waals surface area contributed by atoms with Gasteiger partial charge in [0.1, 0.15) is 11.6 Å². The van der Waals surface area contributed by atoms with Crippen molar-refractivity contribution in [3.05, 3.63) is 60.7 Å². The Hall–Kier alpha value is -3.36. The maximum atomic E-state index is 4.68. The third-order valence-corrected chi connectivity index (χ3v) is 7.05. The minimum Gasteiger partial charge on any atom is -0.341 e. The summed E-state index contributed by atoms with van der Waals surface area (Å²) in [5, 5.41) is 0. The van der Waals surface area contributed by atoms with E-state index in [9.17, 15) is 0 Å². The van der Waals surface area contributed by atoms with Gasteiger partial charge in [-0.05, 0) is 59.8 Å². The zero-order chi connectivity index (χ0) is 24.5. The average molecular weight is 471 g/mol. The average Bonchev–Trinajstić information content (AvgIpc) is 3.64. The van der Waals surface area contributed by atoms with Crippen LogP contribution >= 0.6 is 0 Å². The molecule has 1 saturated heterocycles. The zero-order valence-electron chi connectivity index (χ0n) is 21.2. The number of nitrogens with zero attached hydrogens (tertiary/aromatic N) is 6. The summed E-state index contributed by atoms with van der Waals surface area (Å²) in [6.45, 7) is 7.76. The number of nitrogens with one attached hydrogen (secondary N) is 2.